The minimum absolute atomic E-state index is 0.0732. The van der Waals surface area contributed by atoms with Crippen LogP contribution in [0.1, 0.15) is 27.6 Å². The number of carbonyl (C=O) groups excluding carboxylic acids is 2. The van der Waals surface area contributed by atoms with Gasteiger partial charge in [0.25, 0.3) is 5.69 Å². The molecular formula is C10H9NO5. The third-order valence-corrected chi connectivity index (χ3v) is 1.87. The first-order valence-corrected chi connectivity index (χ1v) is 4.51. The molecule has 1 aromatic carbocycles. The summed E-state index contributed by atoms with van der Waals surface area (Å²) in [5.41, 5.74) is -0.274. The zero-order valence-electron chi connectivity index (χ0n) is 8.50. The molecule has 0 radical (unpaired) electrons. The van der Waals surface area contributed by atoms with Gasteiger partial charge in [-0.1, -0.05) is 0 Å². The van der Waals surface area contributed by atoms with Crippen LogP contribution in [0.15, 0.2) is 18.2 Å². The first-order valence-electron chi connectivity index (χ1n) is 4.51. The Bertz CT molecular complexity index is 441. The molecule has 6 heteroatoms. The first kappa shape index (κ1) is 11.8. The van der Waals surface area contributed by atoms with Crippen molar-refractivity contribution in [2.24, 2.45) is 0 Å². The number of hydrogen-bond donors (Lipinski definition) is 0. The molecule has 0 heterocycles. The molecule has 1 aromatic rings. The molecule has 6 nitrogen and oxygen atoms in total. The second-order valence-electron chi connectivity index (χ2n) is 2.87. The molecule has 0 aromatic heterocycles. The third-order valence-electron chi connectivity index (χ3n) is 1.87. The smallest absolute Gasteiger partial charge is 0.339 e. The van der Waals surface area contributed by atoms with Crippen LogP contribution in [-0.2, 0) is 4.74 Å². The van der Waals surface area contributed by atoms with Gasteiger partial charge >= 0.3 is 5.97 Å². The lowest BCUT2D eigenvalue weighted by atomic mass is 10.1. The Labute approximate surface area is 91.0 Å². The Hall–Kier alpha value is -2.24. The Kier molecular flexibility index (Phi) is 3.71. The number of benzene rings is 1. The number of non-ortho nitro benzene ring substituents is 1. The molecule has 0 N–H and O–H groups in total. The van der Waals surface area contributed by atoms with Gasteiger partial charge < -0.3 is 4.74 Å². The van der Waals surface area contributed by atoms with E-state index in [0.717, 1.165) is 12.1 Å². The van der Waals surface area contributed by atoms with Gasteiger partial charge in [-0.25, -0.2) is 4.79 Å². The van der Waals surface area contributed by atoms with Crippen LogP contribution >= 0.6 is 0 Å². The molecule has 0 amide bonds. The average molecular weight is 223 g/mol. The molecule has 0 saturated heterocycles. The van der Waals surface area contributed by atoms with Gasteiger partial charge in [-0.15, -0.1) is 0 Å². The molecule has 16 heavy (non-hydrogen) atoms. The van der Waals surface area contributed by atoms with Crippen molar-refractivity contribution in [3.05, 3.63) is 39.4 Å². The predicted octanol–water partition coefficient (Wildman–Crippen LogP) is 1.58. The van der Waals surface area contributed by atoms with E-state index < -0.39 is 10.9 Å². The molecule has 0 aliphatic carbocycles. The van der Waals surface area contributed by atoms with Crippen LogP contribution < -0.4 is 0 Å². The Balaban J connectivity index is 3.21. The number of ether oxygens (including phenoxy) is 1. The van der Waals surface area contributed by atoms with E-state index in [1.165, 1.54) is 6.07 Å². The third kappa shape index (κ3) is 2.41. The summed E-state index contributed by atoms with van der Waals surface area (Å²) in [6.07, 6.45) is 0.454. The molecule has 0 unspecified atom stereocenters. The maximum Gasteiger partial charge on any atom is 0.339 e. The van der Waals surface area contributed by atoms with Gasteiger partial charge in [-0.3, -0.25) is 14.9 Å². The fraction of sp³-hybridized carbons (Fsp3) is 0.200. The molecular weight excluding hydrogens is 214 g/mol. The fourth-order valence-electron chi connectivity index (χ4n) is 1.15. The minimum atomic E-state index is -0.742. The summed E-state index contributed by atoms with van der Waals surface area (Å²) in [6, 6.07) is 3.41. The summed E-state index contributed by atoms with van der Waals surface area (Å²) in [5, 5.41) is 10.5. The summed E-state index contributed by atoms with van der Waals surface area (Å²) < 4.78 is 4.68. The van der Waals surface area contributed by atoms with E-state index in [1.54, 1.807) is 6.92 Å². The SMILES string of the molecule is CCOC(=O)c1cc([N+](=O)[O-])ccc1C=O. The van der Waals surface area contributed by atoms with E-state index in [4.69, 9.17) is 0 Å². The molecule has 0 bridgehead atoms. The van der Waals surface area contributed by atoms with Crippen molar-refractivity contribution in [3.8, 4) is 0 Å². The number of nitro benzene ring substituents is 1. The normalized spacial score (nSPS) is 9.56. The highest BCUT2D eigenvalue weighted by Crippen LogP contribution is 2.17. The first-order chi connectivity index (χ1) is 7.60. The van der Waals surface area contributed by atoms with E-state index in [-0.39, 0.29) is 23.4 Å². The standard InChI is InChI=1S/C10H9NO5/c1-2-16-10(13)9-5-8(11(14)15)4-3-7(9)6-12/h3-6H,2H2,1H3. The average Bonchev–Trinajstić information content (AvgIpc) is 2.28. The zero-order valence-corrected chi connectivity index (χ0v) is 8.50. The van der Waals surface area contributed by atoms with E-state index >= 15 is 0 Å². The van der Waals surface area contributed by atoms with Crippen LogP contribution in [-0.4, -0.2) is 23.8 Å². The second kappa shape index (κ2) is 5.01. The lowest BCUT2D eigenvalue weighted by molar-refractivity contribution is -0.384. The second-order valence-corrected chi connectivity index (χ2v) is 2.87. The maximum atomic E-state index is 11.4. The van der Waals surface area contributed by atoms with E-state index in [9.17, 15) is 19.7 Å². The number of carbonyl (C=O) groups is 2. The van der Waals surface area contributed by atoms with Crippen molar-refractivity contribution in [2.45, 2.75) is 6.92 Å². The van der Waals surface area contributed by atoms with Crippen molar-refractivity contribution in [2.75, 3.05) is 6.61 Å². The number of esters is 1. The number of rotatable bonds is 4. The van der Waals surface area contributed by atoms with Crippen LogP contribution in [0.4, 0.5) is 5.69 Å². The van der Waals surface area contributed by atoms with Gasteiger partial charge in [-0.2, -0.15) is 0 Å². The minimum Gasteiger partial charge on any atom is -0.462 e. The van der Waals surface area contributed by atoms with Crippen molar-refractivity contribution < 1.29 is 19.2 Å². The summed E-state index contributed by atoms with van der Waals surface area (Å²) in [4.78, 5) is 31.9. The molecule has 0 spiro atoms. The lowest BCUT2D eigenvalue weighted by Crippen LogP contribution is -2.08. The topological polar surface area (TPSA) is 86.5 Å². The Morgan fingerprint density at radius 2 is 2.25 bits per heavy atom. The summed E-state index contributed by atoms with van der Waals surface area (Å²) in [7, 11) is 0. The predicted molar refractivity (Wildman–Crippen MR) is 54.4 cm³/mol. The van der Waals surface area contributed by atoms with Crippen LogP contribution in [0.3, 0.4) is 0 Å². The number of nitro groups is 1. The highest BCUT2D eigenvalue weighted by atomic mass is 16.6. The largest absolute Gasteiger partial charge is 0.462 e. The van der Waals surface area contributed by atoms with E-state index in [0.29, 0.717) is 6.29 Å². The number of nitrogens with zero attached hydrogens (tertiary/aromatic N) is 1. The molecule has 84 valence electrons. The molecule has 0 aliphatic heterocycles. The van der Waals surface area contributed by atoms with Crippen LogP contribution in [0.2, 0.25) is 0 Å². The van der Waals surface area contributed by atoms with Gasteiger partial charge in [0.2, 0.25) is 0 Å². The van der Waals surface area contributed by atoms with Crippen molar-refractivity contribution in [3.63, 3.8) is 0 Å². The molecule has 0 aliphatic rings. The highest BCUT2D eigenvalue weighted by molar-refractivity contribution is 5.98. The lowest BCUT2D eigenvalue weighted by Gasteiger charge is -2.03. The molecule has 0 fully saturated rings. The zero-order chi connectivity index (χ0) is 12.1. The van der Waals surface area contributed by atoms with Gasteiger partial charge in [0.05, 0.1) is 17.1 Å². The highest BCUT2D eigenvalue weighted by Gasteiger charge is 2.16. The van der Waals surface area contributed by atoms with Crippen molar-refractivity contribution in [1.82, 2.24) is 0 Å². The fourth-order valence-corrected chi connectivity index (χ4v) is 1.15. The summed E-state index contributed by atoms with van der Waals surface area (Å²) >= 11 is 0. The molecule has 0 saturated carbocycles. The quantitative estimate of drug-likeness (QED) is 0.334. The van der Waals surface area contributed by atoms with E-state index in [2.05, 4.69) is 4.74 Å². The summed E-state index contributed by atoms with van der Waals surface area (Å²) in [6.45, 7) is 1.75. The maximum absolute atomic E-state index is 11.4. The van der Waals surface area contributed by atoms with Gasteiger partial charge in [0.1, 0.15) is 0 Å². The van der Waals surface area contributed by atoms with Gasteiger partial charge in [0.15, 0.2) is 6.29 Å². The van der Waals surface area contributed by atoms with Crippen molar-refractivity contribution >= 4 is 17.9 Å². The van der Waals surface area contributed by atoms with Gasteiger partial charge in [0, 0.05) is 17.7 Å². The van der Waals surface area contributed by atoms with Crippen LogP contribution in [0.5, 0.6) is 0 Å². The van der Waals surface area contributed by atoms with Crippen LogP contribution in [0, 0.1) is 10.1 Å². The van der Waals surface area contributed by atoms with Gasteiger partial charge in [-0.05, 0) is 13.0 Å². The number of hydrogen-bond acceptors (Lipinski definition) is 5. The number of aldehydes is 1. The Morgan fingerprint density at radius 3 is 2.75 bits per heavy atom. The van der Waals surface area contributed by atoms with Crippen molar-refractivity contribution in [1.29, 1.82) is 0 Å². The Morgan fingerprint density at radius 1 is 1.56 bits per heavy atom. The van der Waals surface area contributed by atoms with E-state index in [1.807, 2.05) is 0 Å². The molecule has 1 rings (SSSR count). The molecule has 0 atom stereocenters. The summed E-state index contributed by atoms with van der Waals surface area (Å²) in [5.74, 6) is -0.742. The monoisotopic (exact) mass is 223 g/mol. The van der Waals surface area contributed by atoms with Crippen LogP contribution in [0.25, 0.3) is 0 Å².